The van der Waals surface area contributed by atoms with E-state index in [4.69, 9.17) is 15.9 Å². The molecule has 8 nitrogen and oxygen atoms in total. The van der Waals surface area contributed by atoms with E-state index in [-0.39, 0.29) is 60.7 Å². The maximum Gasteiger partial charge on any atom is 0.317 e. The maximum atomic E-state index is 12.7. The Morgan fingerprint density at radius 3 is 2.09 bits per heavy atom. The number of esters is 1. The molecule has 1 aromatic rings. The average Bonchev–Trinajstić information content (AvgIpc) is 2.74. The molecule has 1 aliphatic carbocycles. The van der Waals surface area contributed by atoms with Crippen LogP contribution in [0.25, 0.3) is 0 Å². The summed E-state index contributed by atoms with van der Waals surface area (Å²) in [6.45, 7) is 6.59. The Balaban J connectivity index is 0.00000256. The number of anilines is 1. The third kappa shape index (κ3) is 7.45. The Bertz CT molecular complexity index is 759. The number of nitrogen functional groups attached to an aromatic ring is 1. The number of ether oxygens (including phenoxy) is 1. The number of amidine groups is 1. The van der Waals surface area contributed by atoms with Crippen molar-refractivity contribution in [1.29, 1.82) is 5.41 Å². The Morgan fingerprint density at radius 2 is 1.59 bits per heavy atom. The molecule has 0 unspecified atom stereocenters. The molecule has 180 valence electrons. The van der Waals surface area contributed by atoms with Crippen LogP contribution >= 0.6 is 24.8 Å². The topological polar surface area (TPSA) is 112 Å². The van der Waals surface area contributed by atoms with Gasteiger partial charge in [0.15, 0.2) is 0 Å². The molecule has 0 atom stereocenters. The number of nitrogens with zero attached hydrogens (tertiary/aromatic N) is 2. The minimum atomic E-state index is -0.109. The zero-order valence-corrected chi connectivity index (χ0v) is 20.3. The first kappa shape index (κ1) is 27.8. The molecule has 4 N–H and O–H groups in total. The Labute approximate surface area is 202 Å². The molecule has 0 radical (unpaired) electrons. The fraction of sp³-hybridized carbons (Fsp3) is 0.591. The van der Waals surface area contributed by atoms with Crippen LogP contribution in [0.2, 0.25) is 0 Å². The van der Waals surface area contributed by atoms with Crippen molar-refractivity contribution < 1.29 is 14.3 Å². The zero-order valence-electron chi connectivity index (χ0n) is 18.7. The van der Waals surface area contributed by atoms with Crippen molar-refractivity contribution in [2.75, 3.05) is 31.1 Å². The third-order valence-electron chi connectivity index (χ3n) is 5.85. The summed E-state index contributed by atoms with van der Waals surface area (Å²) in [6.07, 6.45) is 3.07. The molecule has 1 aliphatic heterocycles. The van der Waals surface area contributed by atoms with Crippen LogP contribution in [-0.4, -0.2) is 61.1 Å². The fourth-order valence-electron chi connectivity index (χ4n) is 4.09. The number of benzene rings is 1. The van der Waals surface area contributed by atoms with Gasteiger partial charge in [0.2, 0.25) is 0 Å². The highest BCUT2D eigenvalue weighted by Gasteiger charge is 2.30. The molecule has 2 fully saturated rings. The molecular formula is C22H35Cl2N5O3. The lowest BCUT2D eigenvalue weighted by Gasteiger charge is -2.37. The van der Waals surface area contributed by atoms with Crippen LogP contribution in [0.15, 0.2) is 24.3 Å². The largest absolute Gasteiger partial charge is 0.463 e. The molecule has 1 saturated heterocycles. The second-order valence-corrected chi connectivity index (χ2v) is 8.42. The molecule has 0 bridgehead atoms. The number of nitrogens with two attached hydrogens (primary N) is 1. The third-order valence-corrected chi connectivity index (χ3v) is 5.85. The Kier molecular flexibility index (Phi) is 11.1. The second-order valence-electron chi connectivity index (χ2n) is 8.42. The van der Waals surface area contributed by atoms with Crippen molar-refractivity contribution in [3.63, 3.8) is 0 Å². The molecular weight excluding hydrogens is 453 g/mol. The summed E-state index contributed by atoms with van der Waals surface area (Å²) in [5.74, 6) is -0.0883. The highest BCUT2D eigenvalue weighted by molar-refractivity contribution is 5.95. The van der Waals surface area contributed by atoms with Crippen LogP contribution in [0, 0.1) is 11.3 Å². The summed E-state index contributed by atoms with van der Waals surface area (Å²) in [4.78, 5) is 28.8. The van der Waals surface area contributed by atoms with Gasteiger partial charge in [-0.1, -0.05) is 0 Å². The molecule has 1 heterocycles. The van der Waals surface area contributed by atoms with Crippen LogP contribution in [0.3, 0.4) is 0 Å². The van der Waals surface area contributed by atoms with Crippen LogP contribution in [0.1, 0.15) is 45.1 Å². The lowest BCUT2D eigenvalue weighted by Crippen LogP contribution is -2.54. The fourth-order valence-corrected chi connectivity index (χ4v) is 4.09. The van der Waals surface area contributed by atoms with E-state index in [1.165, 1.54) is 0 Å². The number of halogens is 2. The molecule has 3 rings (SSSR count). The number of nitrogens with one attached hydrogen (secondary N) is 2. The predicted molar refractivity (Wildman–Crippen MR) is 131 cm³/mol. The first-order valence-electron chi connectivity index (χ1n) is 10.8. The van der Waals surface area contributed by atoms with Gasteiger partial charge in [0.1, 0.15) is 5.84 Å². The van der Waals surface area contributed by atoms with Crippen molar-refractivity contribution in [3.05, 3.63) is 29.8 Å². The van der Waals surface area contributed by atoms with E-state index in [0.717, 1.165) is 44.5 Å². The maximum absolute atomic E-state index is 12.7. The quantitative estimate of drug-likeness (QED) is 0.335. The SMILES string of the molecule is CC(C)OC(=O)[C@H]1CC[C@H](NC(=O)N2CCN(c3ccc(C(=N)N)cc3)CC2)CC1.Cl.Cl. The van der Waals surface area contributed by atoms with Gasteiger partial charge in [0, 0.05) is 43.5 Å². The summed E-state index contributed by atoms with van der Waals surface area (Å²) < 4.78 is 5.31. The number of carbonyl (C=O) groups excluding carboxylic acids is 2. The van der Waals surface area contributed by atoms with Gasteiger partial charge in [-0.25, -0.2) is 4.79 Å². The number of hydrogen-bond acceptors (Lipinski definition) is 5. The molecule has 2 aliphatic rings. The van der Waals surface area contributed by atoms with Crippen molar-refractivity contribution in [2.45, 2.75) is 51.7 Å². The summed E-state index contributed by atoms with van der Waals surface area (Å²) in [5, 5.41) is 10.6. The number of piperazine rings is 1. The highest BCUT2D eigenvalue weighted by atomic mass is 35.5. The first-order chi connectivity index (χ1) is 14.3. The second kappa shape index (κ2) is 12.7. The van der Waals surface area contributed by atoms with Crippen LogP contribution in [0.4, 0.5) is 10.5 Å². The standard InChI is InChI=1S/C22H33N5O3.2ClH/c1-15(2)30-21(28)17-3-7-18(8-4-17)25-22(29)27-13-11-26(12-14-27)19-9-5-16(6-10-19)20(23)24;;/h5-6,9-10,15,17-18H,3-4,7-8,11-14H2,1-2H3,(H3,23,24)(H,25,29);2*1H/t17-,18-;;. The number of rotatable bonds is 5. The van der Waals surface area contributed by atoms with Crippen molar-refractivity contribution in [3.8, 4) is 0 Å². The number of urea groups is 1. The van der Waals surface area contributed by atoms with Gasteiger partial charge in [-0.3, -0.25) is 10.2 Å². The lowest BCUT2D eigenvalue weighted by molar-refractivity contribution is -0.153. The normalized spacial score (nSPS) is 20.6. The summed E-state index contributed by atoms with van der Waals surface area (Å²) in [5.41, 5.74) is 7.30. The molecule has 32 heavy (non-hydrogen) atoms. The van der Waals surface area contributed by atoms with E-state index in [9.17, 15) is 9.59 Å². The summed E-state index contributed by atoms with van der Waals surface area (Å²) in [7, 11) is 0. The molecule has 0 spiro atoms. The zero-order chi connectivity index (χ0) is 21.7. The van der Waals surface area contributed by atoms with Crippen LogP contribution in [0.5, 0.6) is 0 Å². The van der Waals surface area contributed by atoms with E-state index >= 15 is 0 Å². The molecule has 1 saturated carbocycles. The van der Waals surface area contributed by atoms with Gasteiger partial charge in [-0.15, -0.1) is 24.8 Å². The van der Waals surface area contributed by atoms with Crippen molar-refractivity contribution >= 4 is 48.3 Å². The van der Waals surface area contributed by atoms with Crippen LogP contribution < -0.4 is 16.0 Å². The van der Waals surface area contributed by atoms with Gasteiger partial charge in [-0.05, 0) is 63.8 Å². The van der Waals surface area contributed by atoms with Crippen LogP contribution in [-0.2, 0) is 9.53 Å². The average molecular weight is 488 g/mol. The Morgan fingerprint density at radius 1 is 1.03 bits per heavy atom. The smallest absolute Gasteiger partial charge is 0.317 e. The van der Waals surface area contributed by atoms with Gasteiger partial charge in [0.05, 0.1) is 12.0 Å². The van der Waals surface area contributed by atoms with Gasteiger partial charge in [-0.2, -0.15) is 0 Å². The minimum absolute atomic E-state index is 0. The van der Waals surface area contributed by atoms with Gasteiger partial charge >= 0.3 is 12.0 Å². The summed E-state index contributed by atoms with van der Waals surface area (Å²) >= 11 is 0. The monoisotopic (exact) mass is 487 g/mol. The van der Waals surface area contributed by atoms with Gasteiger partial charge in [0.25, 0.3) is 0 Å². The number of amides is 2. The van der Waals surface area contributed by atoms with E-state index in [0.29, 0.717) is 18.7 Å². The predicted octanol–water partition coefficient (Wildman–Crippen LogP) is 3.16. The van der Waals surface area contributed by atoms with Crippen molar-refractivity contribution in [2.24, 2.45) is 11.7 Å². The summed E-state index contributed by atoms with van der Waals surface area (Å²) in [6, 6.07) is 7.74. The molecule has 1 aromatic carbocycles. The number of carbonyl (C=O) groups is 2. The van der Waals surface area contributed by atoms with E-state index < -0.39 is 0 Å². The molecule has 10 heteroatoms. The Hall–Kier alpha value is -2.19. The highest BCUT2D eigenvalue weighted by Crippen LogP contribution is 2.26. The molecule has 0 aromatic heterocycles. The number of hydrogen-bond donors (Lipinski definition) is 3. The van der Waals surface area contributed by atoms with Crippen molar-refractivity contribution in [1.82, 2.24) is 10.2 Å². The van der Waals surface area contributed by atoms with E-state index in [1.54, 1.807) is 0 Å². The van der Waals surface area contributed by atoms with Gasteiger partial charge < -0.3 is 25.6 Å². The first-order valence-corrected chi connectivity index (χ1v) is 10.8. The van der Waals surface area contributed by atoms with E-state index in [1.807, 2.05) is 43.0 Å². The van der Waals surface area contributed by atoms with E-state index in [2.05, 4.69) is 10.2 Å². The molecule has 2 amide bonds. The lowest BCUT2D eigenvalue weighted by atomic mass is 9.86. The minimum Gasteiger partial charge on any atom is -0.463 e.